The molecule has 1 aliphatic heterocycles. The van der Waals surface area contributed by atoms with Gasteiger partial charge in [0.1, 0.15) is 5.82 Å². The molecule has 1 N–H and O–H groups in total. The SMILES string of the molecule is CC(C)N1CCn2c(O)cnc2C1. The van der Waals surface area contributed by atoms with Crippen LogP contribution in [0.5, 0.6) is 5.88 Å². The van der Waals surface area contributed by atoms with Gasteiger partial charge in [0.2, 0.25) is 5.88 Å². The summed E-state index contributed by atoms with van der Waals surface area (Å²) in [5.74, 6) is 1.26. The second kappa shape index (κ2) is 3.03. The van der Waals surface area contributed by atoms with Crippen LogP contribution in [0, 0.1) is 0 Å². The Morgan fingerprint density at radius 3 is 2.92 bits per heavy atom. The fourth-order valence-electron chi connectivity index (χ4n) is 1.70. The molecule has 0 atom stereocenters. The summed E-state index contributed by atoms with van der Waals surface area (Å²) in [6.07, 6.45) is 1.53. The van der Waals surface area contributed by atoms with Crippen LogP contribution >= 0.6 is 0 Å². The van der Waals surface area contributed by atoms with Crippen molar-refractivity contribution >= 4 is 0 Å². The molecule has 2 rings (SSSR count). The van der Waals surface area contributed by atoms with Crippen LogP contribution in [-0.2, 0) is 13.1 Å². The van der Waals surface area contributed by atoms with Crippen LogP contribution in [0.15, 0.2) is 6.20 Å². The van der Waals surface area contributed by atoms with E-state index in [0.717, 1.165) is 25.5 Å². The summed E-state index contributed by atoms with van der Waals surface area (Å²) in [5.41, 5.74) is 0. The molecule has 1 aromatic rings. The van der Waals surface area contributed by atoms with Crippen LogP contribution in [0.25, 0.3) is 0 Å². The first kappa shape index (κ1) is 8.56. The molecule has 0 radical (unpaired) electrons. The van der Waals surface area contributed by atoms with Crippen molar-refractivity contribution in [2.45, 2.75) is 33.0 Å². The number of imidazole rings is 1. The van der Waals surface area contributed by atoms with Crippen molar-refractivity contribution in [1.82, 2.24) is 14.5 Å². The molecular formula is C9H15N3O. The van der Waals surface area contributed by atoms with Crippen LogP contribution < -0.4 is 0 Å². The molecule has 4 nitrogen and oxygen atoms in total. The topological polar surface area (TPSA) is 41.3 Å². The molecule has 0 spiro atoms. The van der Waals surface area contributed by atoms with E-state index in [-0.39, 0.29) is 0 Å². The second-order valence-electron chi connectivity index (χ2n) is 3.75. The third-order valence-corrected chi connectivity index (χ3v) is 2.60. The van der Waals surface area contributed by atoms with Crippen molar-refractivity contribution in [1.29, 1.82) is 0 Å². The highest BCUT2D eigenvalue weighted by molar-refractivity contribution is 5.11. The number of hydrogen-bond donors (Lipinski definition) is 1. The smallest absolute Gasteiger partial charge is 0.211 e. The van der Waals surface area contributed by atoms with E-state index in [2.05, 4.69) is 23.7 Å². The fourth-order valence-corrected chi connectivity index (χ4v) is 1.70. The van der Waals surface area contributed by atoms with Crippen molar-refractivity contribution < 1.29 is 5.11 Å². The summed E-state index contributed by atoms with van der Waals surface area (Å²) in [4.78, 5) is 6.51. The molecule has 0 fully saturated rings. The van der Waals surface area contributed by atoms with Crippen LogP contribution in [-0.4, -0.2) is 32.1 Å². The Kier molecular flexibility index (Phi) is 2.00. The minimum Gasteiger partial charge on any atom is -0.493 e. The lowest BCUT2D eigenvalue weighted by Gasteiger charge is -2.30. The van der Waals surface area contributed by atoms with Crippen LogP contribution in [0.4, 0.5) is 0 Å². The number of aromatic nitrogens is 2. The highest BCUT2D eigenvalue weighted by Gasteiger charge is 2.20. The zero-order chi connectivity index (χ0) is 9.42. The molecule has 2 heterocycles. The van der Waals surface area contributed by atoms with E-state index in [1.165, 1.54) is 6.20 Å². The Hall–Kier alpha value is -1.03. The minimum atomic E-state index is 0.290. The zero-order valence-electron chi connectivity index (χ0n) is 8.06. The van der Waals surface area contributed by atoms with Gasteiger partial charge in [-0.25, -0.2) is 4.98 Å². The van der Waals surface area contributed by atoms with Crippen molar-refractivity contribution in [3.63, 3.8) is 0 Å². The third-order valence-electron chi connectivity index (χ3n) is 2.60. The van der Waals surface area contributed by atoms with E-state index in [1.807, 2.05) is 4.57 Å². The average molecular weight is 181 g/mol. The van der Waals surface area contributed by atoms with Crippen molar-refractivity contribution in [3.8, 4) is 5.88 Å². The maximum Gasteiger partial charge on any atom is 0.211 e. The summed E-state index contributed by atoms with van der Waals surface area (Å²) in [5, 5.41) is 9.40. The van der Waals surface area contributed by atoms with Gasteiger partial charge < -0.3 is 5.11 Å². The molecule has 1 aliphatic rings. The van der Waals surface area contributed by atoms with Gasteiger partial charge in [0.15, 0.2) is 0 Å². The molecule has 0 saturated carbocycles. The lowest BCUT2D eigenvalue weighted by molar-refractivity contribution is 0.169. The van der Waals surface area contributed by atoms with E-state index < -0.39 is 0 Å². The Bertz CT molecular complexity index is 306. The largest absolute Gasteiger partial charge is 0.493 e. The van der Waals surface area contributed by atoms with E-state index in [1.54, 1.807) is 0 Å². The maximum atomic E-state index is 9.40. The Morgan fingerprint density at radius 2 is 2.23 bits per heavy atom. The predicted octanol–water partition coefficient (Wildman–Crippen LogP) is 0.813. The molecule has 0 bridgehead atoms. The number of hydrogen-bond acceptors (Lipinski definition) is 3. The summed E-state index contributed by atoms with van der Waals surface area (Å²) in [6, 6.07) is 0.549. The first-order valence-electron chi connectivity index (χ1n) is 4.66. The minimum absolute atomic E-state index is 0.290. The highest BCUT2D eigenvalue weighted by atomic mass is 16.3. The quantitative estimate of drug-likeness (QED) is 0.697. The fraction of sp³-hybridized carbons (Fsp3) is 0.667. The van der Waals surface area contributed by atoms with Gasteiger partial charge in [-0.15, -0.1) is 0 Å². The Morgan fingerprint density at radius 1 is 1.46 bits per heavy atom. The molecule has 72 valence electrons. The van der Waals surface area contributed by atoms with Gasteiger partial charge in [-0.1, -0.05) is 0 Å². The molecule has 1 aromatic heterocycles. The van der Waals surface area contributed by atoms with Gasteiger partial charge in [-0.3, -0.25) is 9.47 Å². The lowest BCUT2D eigenvalue weighted by Crippen LogP contribution is -2.38. The second-order valence-corrected chi connectivity index (χ2v) is 3.75. The summed E-state index contributed by atoms with van der Waals surface area (Å²) in [7, 11) is 0. The molecule has 0 unspecified atom stereocenters. The third kappa shape index (κ3) is 1.42. The van der Waals surface area contributed by atoms with E-state index in [4.69, 9.17) is 0 Å². The van der Waals surface area contributed by atoms with E-state index in [9.17, 15) is 5.11 Å². The zero-order valence-corrected chi connectivity index (χ0v) is 8.06. The summed E-state index contributed by atoms with van der Waals surface area (Å²) < 4.78 is 1.87. The number of aromatic hydroxyl groups is 1. The number of nitrogens with zero attached hydrogens (tertiary/aromatic N) is 3. The van der Waals surface area contributed by atoms with E-state index in [0.29, 0.717) is 11.9 Å². The molecule has 0 amide bonds. The van der Waals surface area contributed by atoms with Crippen LogP contribution in [0.2, 0.25) is 0 Å². The summed E-state index contributed by atoms with van der Waals surface area (Å²) in [6.45, 7) is 7.04. The highest BCUT2D eigenvalue weighted by Crippen LogP contribution is 2.19. The van der Waals surface area contributed by atoms with Gasteiger partial charge in [0.25, 0.3) is 0 Å². The Balaban J connectivity index is 2.21. The van der Waals surface area contributed by atoms with Crippen molar-refractivity contribution in [3.05, 3.63) is 12.0 Å². The Labute approximate surface area is 77.8 Å². The van der Waals surface area contributed by atoms with Crippen LogP contribution in [0.1, 0.15) is 19.7 Å². The summed E-state index contributed by atoms with van der Waals surface area (Å²) >= 11 is 0. The molecule has 0 saturated heterocycles. The monoisotopic (exact) mass is 181 g/mol. The van der Waals surface area contributed by atoms with Gasteiger partial charge in [-0.2, -0.15) is 0 Å². The molecule has 0 aromatic carbocycles. The standard InChI is InChI=1S/C9H15N3O/c1-7(2)11-3-4-12-8(6-11)10-5-9(12)13/h5,7,13H,3-4,6H2,1-2H3. The van der Waals surface area contributed by atoms with Gasteiger partial charge in [0.05, 0.1) is 12.7 Å². The molecular weight excluding hydrogens is 166 g/mol. The van der Waals surface area contributed by atoms with Crippen LogP contribution in [0.3, 0.4) is 0 Å². The van der Waals surface area contributed by atoms with Crippen molar-refractivity contribution in [2.75, 3.05) is 6.54 Å². The van der Waals surface area contributed by atoms with Gasteiger partial charge in [-0.05, 0) is 13.8 Å². The lowest BCUT2D eigenvalue weighted by atomic mass is 10.2. The maximum absolute atomic E-state index is 9.40. The normalized spacial score (nSPS) is 17.8. The molecule has 13 heavy (non-hydrogen) atoms. The predicted molar refractivity (Wildman–Crippen MR) is 49.4 cm³/mol. The first-order valence-corrected chi connectivity index (χ1v) is 4.66. The average Bonchev–Trinajstić information content (AvgIpc) is 2.47. The van der Waals surface area contributed by atoms with E-state index >= 15 is 0 Å². The number of fused-ring (bicyclic) bond motifs is 1. The molecule has 4 heteroatoms. The molecule has 0 aliphatic carbocycles. The van der Waals surface area contributed by atoms with Gasteiger partial charge >= 0.3 is 0 Å². The van der Waals surface area contributed by atoms with Crippen molar-refractivity contribution in [2.24, 2.45) is 0 Å². The first-order chi connectivity index (χ1) is 6.18. The number of rotatable bonds is 1. The van der Waals surface area contributed by atoms with Gasteiger partial charge in [0, 0.05) is 19.1 Å².